The Labute approximate surface area is 171 Å². The molecule has 1 saturated heterocycles. The van der Waals surface area contributed by atoms with Crippen LogP contribution in [-0.4, -0.2) is 27.9 Å². The number of anilines is 1. The molecule has 5 heteroatoms. The number of fused-ring (bicyclic) bond motifs is 3. The number of likely N-dealkylation sites (tertiary alicyclic amines) is 1. The molecule has 2 bridgehead atoms. The number of benzene rings is 2. The second-order valence-corrected chi connectivity index (χ2v) is 9.31. The highest BCUT2D eigenvalue weighted by molar-refractivity contribution is 7.99. The number of rotatable bonds is 6. The first-order valence-corrected chi connectivity index (χ1v) is 11.1. The summed E-state index contributed by atoms with van der Waals surface area (Å²) >= 11 is 8.22. The Kier molecular flexibility index (Phi) is 5.13. The highest BCUT2D eigenvalue weighted by atomic mass is 35.5. The molecule has 3 nitrogen and oxygen atoms in total. The van der Waals surface area contributed by atoms with Crippen molar-refractivity contribution in [3.8, 4) is 0 Å². The largest absolute Gasteiger partial charge is 0.360 e. The summed E-state index contributed by atoms with van der Waals surface area (Å²) in [6, 6.07) is 12.6. The van der Waals surface area contributed by atoms with Gasteiger partial charge in [-0.3, -0.25) is 0 Å². The van der Waals surface area contributed by atoms with Gasteiger partial charge in [0.05, 0.1) is 11.4 Å². The van der Waals surface area contributed by atoms with Gasteiger partial charge >= 0.3 is 0 Å². The molecule has 0 spiro atoms. The Morgan fingerprint density at radius 3 is 2.81 bits per heavy atom. The Morgan fingerprint density at radius 1 is 1.22 bits per heavy atom. The molecule has 2 heterocycles. The van der Waals surface area contributed by atoms with Gasteiger partial charge in [0, 0.05) is 18.0 Å². The van der Waals surface area contributed by atoms with E-state index in [1.807, 2.05) is 23.9 Å². The normalized spacial score (nSPS) is 20.3. The quantitative estimate of drug-likeness (QED) is 0.589. The maximum Gasteiger partial charge on any atom is 0.119 e. The van der Waals surface area contributed by atoms with Crippen molar-refractivity contribution in [1.29, 1.82) is 0 Å². The van der Waals surface area contributed by atoms with Crippen molar-refractivity contribution in [2.75, 3.05) is 16.8 Å². The smallest absolute Gasteiger partial charge is 0.119 e. The second kappa shape index (κ2) is 7.40. The van der Waals surface area contributed by atoms with Crippen LogP contribution in [0.25, 0.3) is 0 Å². The summed E-state index contributed by atoms with van der Waals surface area (Å²) in [4.78, 5) is 7.47. The van der Waals surface area contributed by atoms with Crippen molar-refractivity contribution in [2.24, 2.45) is 4.99 Å². The van der Waals surface area contributed by atoms with Crippen LogP contribution in [0.5, 0.6) is 0 Å². The zero-order valence-electron chi connectivity index (χ0n) is 16.2. The minimum atomic E-state index is -0.0593. The Bertz CT molecular complexity index is 895. The molecule has 0 aliphatic carbocycles. The number of thioether (sulfide) groups is 1. The van der Waals surface area contributed by atoms with Crippen LogP contribution < -0.4 is 5.32 Å². The van der Waals surface area contributed by atoms with E-state index in [1.54, 1.807) is 0 Å². The van der Waals surface area contributed by atoms with Crippen molar-refractivity contribution in [3.63, 3.8) is 0 Å². The molecule has 0 aromatic heterocycles. The van der Waals surface area contributed by atoms with Gasteiger partial charge < -0.3 is 10.2 Å². The van der Waals surface area contributed by atoms with Gasteiger partial charge in [-0.1, -0.05) is 30.7 Å². The summed E-state index contributed by atoms with van der Waals surface area (Å²) in [6.07, 6.45) is 2.07. The molecule has 2 aromatic rings. The highest BCUT2D eigenvalue weighted by Gasteiger charge is 2.50. The van der Waals surface area contributed by atoms with Crippen molar-refractivity contribution < 1.29 is 0 Å². The molecule has 1 unspecified atom stereocenters. The lowest BCUT2D eigenvalue weighted by Crippen LogP contribution is -2.66. The van der Waals surface area contributed by atoms with E-state index in [1.165, 1.54) is 22.5 Å². The number of nitrogens with one attached hydrogen (secondary N) is 1. The van der Waals surface area contributed by atoms with Crippen LogP contribution in [0.1, 0.15) is 36.5 Å². The van der Waals surface area contributed by atoms with Crippen LogP contribution in [0.2, 0.25) is 5.02 Å². The third-order valence-corrected chi connectivity index (χ3v) is 6.74. The molecule has 0 saturated carbocycles. The third kappa shape index (κ3) is 3.57. The lowest BCUT2D eigenvalue weighted by atomic mass is 9.89. The first kappa shape index (κ1) is 18.7. The lowest BCUT2D eigenvalue weighted by molar-refractivity contribution is 0.134. The summed E-state index contributed by atoms with van der Waals surface area (Å²) < 4.78 is 0. The van der Waals surface area contributed by atoms with Gasteiger partial charge in [0.25, 0.3) is 0 Å². The topological polar surface area (TPSA) is 27.6 Å². The number of hydrogen-bond donors (Lipinski definition) is 1. The van der Waals surface area contributed by atoms with Gasteiger partial charge in [-0.05, 0) is 72.7 Å². The molecule has 0 radical (unpaired) electrons. The van der Waals surface area contributed by atoms with Crippen molar-refractivity contribution in [3.05, 3.63) is 58.1 Å². The fraction of sp³-hybridized carbons (Fsp3) is 0.409. The number of nitrogens with zero attached hydrogens (tertiary/aromatic N) is 2. The predicted molar refractivity (Wildman–Crippen MR) is 119 cm³/mol. The van der Waals surface area contributed by atoms with Gasteiger partial charge in [0.15, 0.2) is 0 Å². The van der Waals surface area contributed by atoms with Crippen molar-refractivity contribution in [2.45, 2.75) is 45.8 Å². The van der Waals surface area contributed by atoms with Gasteiger partial charge in [-0.15, -0.1) is 0 Å². The first-order valence-electron chi connectivity index (χ1n) is 9.57. The molecule has 1 atom stereocenters. The van der Waals surface area contributed by atoms with Crippen LogP contribution in [-0.2, 0) is 6.54 Å². The monoisotopic (exact) mass is 399 g/mol. The number of hydrogen-bond acceptors (Lipinski definition) is 4. The molecule has 2 aromatic carbocycles. The van der Waals surface area contributed by atoms with E-state index in [-0.39, 0.29) is 5.66 Å². The van der Waals surface area contributed by atoms with Crippen LogP contribution in [0.3, 0.4) is 0 Å². The fourth-order valence-electron chi connectivity index (χ4n) is 3.93. The average molecular weight is 400 g/mol. The number of aryl methyl sites for hydroxylation is 2. The molecule has 4 rings (SSSR count). The molecule has 142 valence electrons. The number of aliphatic imine (C=N–C) groups is 1. The fourth-order valence-corrected chi connectivity index (χ4v) is 4.92. The molecular weight excluding hydrogens is 374 g/mol. The van der Waals surface area contributed by atoms with Gasteiger partial charge in [-0.25, -0.2) is 4.99 Å². The maximum absolute atomic E-state index is 6.22. The molecule has 1 fully saturated rings. The summed E-state index contributed by atoms with van der Waals surface area (Å²) in [6.45, 7) is 7.38. The minimum absolute atomic E-state index is 0.0593. The molecule has 2 aliphatic rings. The van der Waals surface area contributed by atoms with E-state index in [9.17, 15) is 0 Å². The van der Waals surface area contributed by atoms with Crippen LogP contribution in [0, 0.1) is 13.8 Å². The average Bonchev–Trinajstić information content (AvgIpc) is 2.85. The van der Waals surface area contributed by atoms with Gasteiger partial charge in [0.1, 0.15) is 11.5 Å². The molecular formula is C22H26ClN3S. The summed E-state index contributed by atoms with van der Waals surface area (Å²) in [5.74, 6) is 3.47. The van der Waals surface area contributed by atoms with Crippen molar-refractivity contribution >= 4 is 40.6 Å². The molecule has 27 heavy (non-hydrogen) atoms. The van der Waals surface area contributed by atoms with E-state index >= 15 is 0 Å². The standard InChI is InChI=1S/C22H26ClN3S/c1-4-27-9-8-22-13-21(26(22)14-17-6-5-7-18(23)12-17)24-19-10-15(2)16(3)11-20(19)25-22/h5-7,10-12,25H,4,8-9,13-14H2,1-3H3. The molecule has 0 amide bonds. The lowest BCUT2D eigenvalue weighted by Gasteiger charge is -2.54. The zero-order chi connectivity index (χ0) is 19.0. The SMILES string of the molecule is CCSCCC12CC(=Nc3cc(C)c(C)cc3N1)N2Cc1cccc(Cl)c1. The van der Waals surface area contributed by atoms with E-state index in [0.29, 0.717) is 0 Å². The summed E-state index contributed by atoms with van der Waals surface area (Å²) in [7, 11) is 0. The highest BCUT2D eigenvalue weighted by Crippen LogP contribution is 2.46. The first-order chi connectivity index (χ1) is 13.0. The van der Waals surface area contributed by atoms with Gasteiger partial charge in [-0.2, -0.15) is 11.8 Å². The van der Waals surface area contributed by atoms with Crippen LogP contribution in [0.4, 0.5) is 11.4 Å². The second-order valence-electron chi connectivity index (χ2n) is 7.48. The van der Waals surface area contributed by atoms with E-state index in [0.717, 1.165) is 47.3 Å². The molecule has 2 aliphatic heterocycles. The van der Waals surface area contributed by atoms with Crippen molar-refractivity contribution in [1.82, 2.24) is 4.90 Å². The zero-order valence-corrected chi connectivity index (χ0v) is 17.8. The summed E-state index contributed by atoms with van der Waals surface area (Å²) in [5, 5.41) is 4.67. The molecule has 1 N–H and O–H groups in total. The third-order valence-electron chi connectivity index (χ3n) is 5.60. The van der Waals surface area contributed by atoms with Crippen LogP contribution in [0.15, 0.2) is 41.4 Å². The minimum Gasteiger partial charge on any atom is -0.360 e. The Morgan fingerprint density at radius 2 is 2.04 bits per heavy atom. The Balaban J connectivity index is 1.68. The number of amidine groups is 1. The van der Waals surface area contributed by atoms with Gasteiger partial charge in [0.2, 0.25) is 0 Å². The predicted octanol–water partition coefficient (Wildman–Crippen LogP) is 6.16. The van der Waals surface area contributed by atoms with E-state index in [2.05, 4.69) is 55.3 Å². The van der Waals surface area contributed by atoms with E-state index in [4.69, 9.17) is 16.6 Å². The Hall–Kier alpha value is -1.65. The maximum atomic E-state index is 6.22. The van der Waals surface area contributed by atoms with E-state index < -0.39 is 0 Å². The summed E-state index contributed by atoms with van der Waals surface area (Å²) in [5.41, 5.74) is 5.98. The number of halogens is 1. The van der Waals surface area contributed by atoms with Crippen LogP contribution >= 0.6 is 23.4 Å².